The number of nitriles is 1. The van der Waals surface area contributed by atoms with Crippen molar-refractivity contribution in [2.24, 2.45) is 5.92 Å². The molecule has 0 bridgehead atoms. The van der Waals surface area contributed by atoms with Gasteiger partial charge in [-0.05, 0) is 43.9 Å². The van der Waals surface area contributed by atoms with Gasteiger partial charge in [-0.25, -0.2) is 4.79 Å². The number of imidazole rings is 1. The summed E-state index contributed by atoms with van der Waals surface area (Å²) in [6.07, 6.45) is 3.00. The van der Waals surface area contributed by atoms with Crippen LogP contribution in [0.25, 0.3) is 11.0 Å². The van der Waals surface area contributed by atoms with Crippen molar-refractivity contribution in [3.05, 3.63) is 34.2 Å². The lowest BCUT2D eigenvalue weighted by molar-refractivity contribution is -0.146. The predicted molar refractivity (Wildman–Crippen MR) is 80.3 cm³/mol. The normalized spacial score (nSPS) is 21.5. The van der Waals surface area contributed by atoms with Crippen molar-refractivity contribution in [1.82, 2.24) is 9.55 Å². The molecule has 1 N–H and O–H groups in total. The zero-order valence-corrected chi connectivity index (χ0v) is 12.3. The number of benzene rings is 1. The third-order valence-corrected chi connectivity index (χ3v) is 4.44. The smallest absolute Gasteiger partial charge is 0.326 e. The number of aromatic nitrogens is 2. The van der Waals surface area contributed by atoms with Crippen LogP contribution in [0.4, 0.5) is 0 Å². The number of carbonyl (C=O) groups is 1. The van der Waals surface area contributed by atoms with Crippen LogP contribution in [0.2, 0.25) is 0 Å². The van der Waals surface area contributed by atoms with E-state index in [1.807, 2.05) is 0 Å². The molecule has 1 aliphatic carbocycles. The largest absolute Gasteiger partial charge is 0.469 e. The Morgan fingerprint density at radius 2 is 2.09 bits per heavy atom. The topological polar surface area (TPSA) is 87.9 Å². The van der Waals surface area contributed by atoms with Gasteiger partial charge in [-0.1, -0.05) is 0 Å². The van der Waals surface area contributed by atoms with Crippen molar-refractivity contribution < 1.29 is 9.53 Å². The maximum absolute atomic E-state index is 12.2. The van der Waals surface area contributed by atoms with Crippen LogP contribution in [-0.2, 0) is 9.53 Å². The van der Waals surface area contributed by atoms with Crippen LogP contribution < -0.4 is 5.69 Å². The number of carbonyl (C=O) groups excluding carboxylic acids is 1. The molecule has 6 nitrogen and oxygen atoms in total. The standard InChI is InChI=1S/C16H17N3O3/c1-22-15(20)11-3-5-12(6-4-11)19-14-7-2-10(9-17)8-13(14)18-16(19)21/h2,7-8,11-12H,3-6H2,1H3,(H,18,21). The predicted octanol–water partition coefficient (Wildman–Crippen LogP) is 2.11. The fourth-order valence-electron chi connectivity index (χ4n) is 3.30. The number of rotatable bonds is 2. The van der Waals surface area contributed by atoms with Crippen LogP contribution >= 0.6 is 0 Å². The number of hydrogen-bond donors (Lipinski definition) is 1. The van der Waals surface area contributed by atoms with Crippen molar-refractivity contribution in [1.29, 1.82) is 5.26 Å². The molecule has 22 heavy (non-hydrogen) atoms. The minimum absolute atomic E-state index is 0.0626. The number of nitrogens with one attached hydrogen (secondary N) is 1. The van der Waals surface area contributed by atoms with E-state index in [0.717, 1.165) is 31.2 Å². The Morgan fingerprint density at radius 1 is 1.36 bits per heavy atom. The average Bonchev–Trinajstić information content (AvgIpc) is 2.89. The lowest BCUT2D eigenvalue weighted by Crippen LogP contribution is -2.29. The summed E-state index contributed by atoms with van der Waals surface area (Å²) in [6, 6.07) is 7.35. The third kappa shape index (κ3) is 2.39. The molecule has 0 saturated heterocycles. The van der Waals surface area contributed by atoms with E-state index in [9.17, 15) is 9.59 Å². The second-order valence-corrected chi connectivity index (χ2v) is 5.67. The second-order valence-electron chi connectivity index (χ2n) is 5.67. The van der Waals surface area contributed by atoms with Crippen molar-refractivity contribution in [3.63, 3.8) is 0 Å². The van der Waals surface area contributed by atoms with E-state index in [-0.39, 0.29) is 23.6 Å². The highest BCUT2D eigenvalue weighted by molar-refractivity contribution is 5.77. The van der Waals surface area contributed by atoms with Gasteiger partial charge in [-0.3, -0.25) is 9.36 Å². The van der Waals surface area contributed by atoms with Gasteiger partial charge in [0.2, 0.25) is 0 Å². The molecule has 1 aromatic heterocycles. The number of aromatic amines is 1. The second kappa shape index (κ2) is 5.68. The van der Waals surface area contributed by atoms with E-state index in [2.05, 4.69) is 11.1 Å². The Bertz CT molecular complexity index is 804. The summed E-state index contributed by atoms with van der Waals surface area (Å²) >= 11 is 0. The summed E-state index contributed by atoms with van der Waals surface area (Å²) in [6.45, 7) is 0. The summed E-state index contributed by atoms with van der Waals surface area (Å²) in [5.74, 6) is -0.226. The average molecular weight is 299 g/mol. The van der Waals surface area contributed by atoms with Gasteiger partial charge in [0, 0.05) is 6.04 Å². The molecular weight excluding hydrogens is 282 g/mol. The van der Waals surface area contributed by atoms with Crippen molar-refractivity contribution in [2.45, 2.75) is 31.7 Å². The fourth-order valence-corrected chi connectivity index (χ4v) is 3.30. The Balaban J connectivity index is 1.89. The van der Waals surface area contributed by atoms with Crippen LogP contribution in [0.5, 0.6) is 0 Å². The van der Waals surface area contributed by atoms with E-state index in [1.165, 1.54) is 7.11 Å². The summed E-state index contributed by atoms with van der Waals surface area (Å²) in [7, 11) is 1.41. The molecule has 0 radical (unpaired) electrons. The van der Waals surface area contributed by atoms with Crippen LogP contribution in [0, 0.1) is 17.2 Å². The van der Waals surface area contributed by atoms with Gasteiger partial charge >= 0.3 is 11.7 Å². The number of esters is 1. The molecule has 2 aromatic rings. The molecule has 0 amide bonds. The lowest BCUT2D eigenvalue weighted by Gasteiger charge is -2.27. The SMILES string of the molecule is COC(=O)C1CCC(n2c(=O)[nH]c3cc(C#N)ccc32)CC1. The number of H-pyrrole nitrogens is 1. The zero-order valence-electron chi connectivity index (χ0n) is 12.3. The first kappa shape index (κ1) is 14.4. The van der Waals surface area contributed by atoms with Gasteiger partial charge in [0.1, 0.15) is 0 Å². The highest BCUT2D eigenvalue weighted by Gasteiger charge is 2.29. The number of ether oxygens (including phenoxy) is 1. The summed E-state index contributed by atoms with van der Waals surface area (Å²) in [5.41, 5.74) is 1.85. The number of methoxy groups -OCH3 is 1. The van der Waals surface area contributed by atoms with Crippen molar-refractivity contribution in [3.8, 4) is 6.07 Å². The number of nitrogens with zero attached hydrogens (tertiary/aromatic N) is 2. The summed E-state index contributed by atoms with van der Waals surface area (Å²) in [4.78, 5) is 26.6. The quantitative estimate of drug-likeness (QED) is 0.860. The molecular formula is C16H17N3O3. The Labute approximate surface area is 127 Å². The summed E-state index contributed by atoms with van der Waals surface area (Å²) in [5, 5.41) is 8.93. The molecule has 1 saturated carbocycles. The van der Waals surface area contributed by atoms with Gasteiger partial charge in [-0.2, -0.15) is 5.26 Å². The maximum atomic E-state index is 12.2. The zero-order chi connectivity index (χ0) is 15.7. The van der Waals surface area contributed by atoms with Crippen LogP contribution in [0.3, 0.4) is 0 Å². The third-order valence-electron chi connectivity index (χ3n) is 4.44. The van der Waals surface area contributed by atoms with Crippen LogP contribution in [-0.4, -0.2) is 22.6 Å². The maximum Gasteiger partial charge on any atom is 0.326 e. The van der Waals surface area contributed by atoms with Crippen LogP contribution in [0.15, 0.2) is 23.0 Å². The number of hydrogen-bond acceptors (Lipinski definition) is 4. The highest BCUT2D eigenvalue weighted by atomic mass is 16.5. The molecule has 0 atom stereocenters. The van der Waals surface area contributed by atoms with E-state index in [4.69, 9.17) is 10.00 Å². The first-order valence-corrected chi connectivity index (χ1v) is 7.36. The molecule has 1 fully saturated rings. The van der Waals surface area contributed by atoms with Crippen molar-refractivity contribution >= 4 is 17.0 Å². The monoisotopic (exact) mass is 299 g/mol. The molecule has 6 heteroatoms. The van der Waals surface area contributed by atoms with E-state index < -0.39 is 0 Å². The minimum Gasteiger partial charge on any atom is -0.469 e. The van der Waals surface area contributed by atoms with Gasteiger partial charge in [0.25, 0.3) is 0 Å². The van der Waals surface area contributed by atoms with Crippen molar-refractivity contribution in [2.75, 3.05) is 7.11 Å². The molecule has 0 spiro atoms. The van der Waals surface area contributed by atoms with E-state index >= 15 is 0 Å². The molecule has 114 valence electrons. The number of fused-ring (bicyclic) bond motifs is 1. The van der Waals surface area contributed by atoms with Gasteiger partial charge in [0.05, 0.1) is 35.7 Å². The molecule has 1 aromatic carbocycles. The molecule has 0 unspecified atom stereocenters. The first-order valence-electron chi connectivity index (χ1n) is 7.36. The van der Waals surface area contributed by atoms with E-state index in [0.29, 0.717) is 11.1 Å². The van der Waals surface area contributed by atoms with Gasteiger partial charge < -0.3 is 9.72 Å². The molecule has 3 rings (SSSR count). The lowest BCUT2D eigenvalue weighted by atomic mass is 9.86. The highest BCUT2D eigenvalue weighted by Crippen LogP contribution is 2.33. The Morgan fingerprint density at radius 3 is 2.73 bits per heavy atom. The summed E-state index contributed by atoms with van der Waals surface area (Å²) < 4.78 is 6.54. The molecule has 1 heterocycles. The minimum atomic E-state index is -0.164. The van der Waals surface area contributed by atoms with Gasteiger partial charge in [0.15, 0.2) is 0 Å². The van der Waals surface area contributed by atoms with E-state index in [1.54, 1.807) is 22.8 Å². The Hall–Kier alpha value is -2.55. The molecule has 1 aliphatic rings. The molecule has 0 aliphatic heterocycles. The fraction of sp³-hybridized carbons (Fsp3) is 0.438. The Kier molecular flexibility index (Phi) is 3.72. The van der Waals surface area contributed by atoms with Gasteiger partial charge in [-0.15, -0.1) is 0 Å². The van der Waals surface area contributed by atoms with Crippen LogP contribution in [0.1, 0.15) is 37.3 Å². The first-order chi connectivity index (χ1) is 10.6.